The van der Waals surface area contributed by atoms with Gasteiger partial charge in [0.15, 0.2) is 0 Å². The van der Waals surface area contributed by atoms with E-state index >= 15 is 0 Å². The molecule has 0 radical (unpaired) electrons. The van der Waals surface area contributed by atoms with Crippen LogP contribution in [0.1, 0.15) is 60.3 Å². The molecule has 3 nitrogen and oxygen atoms in total. The SMILES string of the molecule is CCNC(C#N)(CN(CC(C)C)C(CC)CC)C1CC1. The first kappa shape index (κ1) is 17.5. The minimum atomic E-state index is -0.327. The van der Waals surface area contributed by atoms with Crippen molar-refractivity contribution in [3.63, 3.8) is 0 Å². The molecular formula is C17H33N3. The van der Waals surface area contributed by atoms with E-state index in [1.54, 1.807) is 0 Å². The zero-order valence-corrected chi connectivity index (χ0v) is 14.1. The van der Waals surface area contributed by atoms with E-state index in [0.29, 0.717) is 17.9 Å². The van der Waals surface area contributed by atoms with Gasteiger partial charge in [0.1, 0.15) is 5.54 Å². The van der Waals surface area contributed by atoms with Crippen molar-refractivity contribution < 1.29 is 0 Å². The highest BCUT2D eigenvalue weighted by Crippen LogP contribution is 2.40. The summed E-state index contributed by atoms with van der Waals surface area (Å²) in [4.78, 5) is 2.56. The number of rotatable bonds is 10. The first-order chi connectivity index (χ1) is 9.52. The van der Waals surface area contributed by atoms with Crippen LogP contribution in [0.3, 0.4) is 0 Å². The fourth-order valence-corrected chi connectivity index (χ4v) is 3.32. The van der Waals surface area contributed by atoms with Gasteiger partial charge in [-0.05, 0) is 44.1 Å². The topological polar surface area (TPSA) is 39.1 Å². The molecule has 1 N–H and O–H groups in total. The summed E-state index contributed by atoms with van der Waals surface area (Å²) in [7, 11) is 0. The highest BCUT2D eigenvalue weighted by Gasteiger charge is 2.46. The van der Waals surface area contributed by atoms with Crippen LogP contribution in [-0.4, -0.2) is 36.1 Å². The molecule has 116 valence electrons. The highest BCUT2D eigenvalue weighted by molar-refractivity contribution is 5.17. The van der Waals surface area contributed by atoms with Gasteiger partial charge >= 0.3 is 0 Å². The minimum absolute atomic E-state index is 0.327. The number of nitrogens with one attached hydrogen (secondary N) is 1. The Morgan fingerprint density at radius 3 is 2.20 bits per heavy atom. The molecule has 3 heteroatoms. The van der Waals surface area contributed by atoms with E-state index in [9.17, 15) is 5.26 Å². The lowest BCUT2D eigenvalue weighted by Gasteiger charge is -2.39. The Hall–Kier alpha value is -0.590. The molecule has 1 unspecified atom stereocenters. The van der Waals surface area contributed by atoms with E-state index in [-0.39, 0.29) is 5.54 Å². The van der Waals surface area contributed by atoms with Crippen molar-refractivity contribution in [1.82, 2.24) is 10.2 Å². The van der Waals surface area contributed by atoms with Crippen LogP contribution in [0.5, 0.6) is 0 Å². The molecule has 1 aliphatic rings. The second kappa shape index (κ2) is 8.00. The number of hydrogen-bond donors (Lipinski definition) is 1. The predicted octanol–water partition coefficient (Wildman–Crippen LogP) is 3.41. The van der Waals surface area contributed by atoms with Gasteiger partial charge in [-0.25, -0.2) is 0 Å². The standard InChI is InChI=1S/C17H33N3/c1-6-16(7-2)20(11-14(4)5)13-17(12-18,19-8-3)15-9-10-15/h14-16,19H,6-11,13H2,1-5H3. The van der Waals surface area contributed by atoms with Crippen LogP contribution < -0.4 is 5.32 Å². The number of nitriles is 1. The van der Waals surface area contributed by atoms with Gasteiger partial charge in [0.2, 0.25) is 0 Å². The molecule has 1 rings (SSSR count). The van der Waals surface area contributed by atoms with Crippen LogP contribution >= 0.6 is 0 Å². The fourth-order valence-electron chi connectivity index (χ4n) is 3.32. The number of hydrogen-bond acceptors (Lipinski definition) is 3. The second-order valence-corrected chi connectivity index (χ2v) is 6.68. The van der Waals surface area contributed by atoms with Crippen molar-refractivity contribution in [2.75, 3.05) is 19.6 Å². The van der Waals surface area contributed by atoms with Crippen molar-refractivity contribution in [3.8, 4) is 6.07 Å². The van der Waals surface area contributed by atoms with Crippen molar-refractivity contribution in [1.29, 1.82) is 5.26 Å². The summed E-state index contributed by atoms with van der Waals surface area (Å²) in [6.45, 7) is 14.0. The van der Waals surface area contributed by atoms with Crippen molar-refractivity contribution in [3.05, 3.63) is 0 Å². The monoisotopic (exact) mass is 279 g/mol. The molecule has 0 bridgehead atoms. The minimum Gasteiger partial charge on any atom is -0.298 e. The summed E-state index contributed by atoms with van der Waals surface area (Å²) in [6.07, 6.45) is 4.75. The summed E-state index contributed by atoms with van der Waals surface area (Å²) < 4.78 is 0. The quantitative estimate of drug-likeness (QED) is 0.666. The average molecular weight is 279 g/mol. The largest absolute Gasteiger partial charge is 0.298 e. The Balaban J connectivity index is 2.86. The number of likely N-dealkylation sites (N-methyl/N-ethyl adjacent to an activating group) is 1. The lowest BCUT2D eigenvalue weighted by Crippen LogP contribution is -2.56. The molecule has 0 spiro atoms. The van der Waals surface area contributed by atoms with Crippen LogP contribution in [0.25, 0.3) is 0 Å². The third-order valence-electron chi connectivity index (χ3n) is 4.48. The van der Waals surface area contributed by atoms with Crippen LogP contribution in [0.4, 0.5) is 0 Å². The molecular weight excluding hydrogens is 246 g/mol. The first-order valence-corrected chi connectivity index (χ1v) is 8.43. The molecule has 20 heavy (non-hydrogen) atoms. The molecule has 1 aliphatic carbocycles. The van der Waals surface area contributed by atoms with E-state index in [0.717, 1.165) is 19.6 Å². The van der Waals surface area contributed by atoms with Gasteiger partial charge in [-0.3, -0.25) is 10.2 Å². The smallest absolute Gasteiger partial charge is 0.122 e. The van der Waals surface area contributed by atoms with Gasteiger partial charge in [0, 0.05) is 19.1 Å². The van der Waals surface area contributed by atoms with Crippen LogP contribution in [0.15, 0.2) is 0 Å². The molecule has 1 atom stereocenters. The van der Waals surface area contributed by atoms with Crippen molar-refractivity contribution >= 4 is 0 Å². The highest BCUT2D eigenvalue weighted by atomic mass is 15.2. The van der Waals surface area contributed by atoms with Gasteiger partial charge in [-0.15, -0.1) is 0 Å². The summed E-state index contributed by atoms with van der Waals surface area (Å²) in [6, 6.07) is 3.23. The normalized spacial score (nSPS) is 18.6. The van der Waals surface area contributed by atoms with Gasteiger partial charge in [0.25, 0.3) is 0 Å². The molecule has 0 aromatic carbocycles. The summed E-state index contributed by atoms with van der Waals surface area (Å²) in [5.74, 6) is 1.20. The molecule has 1 fully saturated rings. The molecule has 0 heterocycles. The summed E-state index contributed by atoms with van der Waals surface area (Å²) >= 11 is 0. The third-order valence-corrected chi connectivity index (χ3v) is 4.48. The average Bonchev–Trinajstić information content (AvgIpc) is 3.23. The second-order valence-electron chi connectivity index (χ2n) is 6.68. The fraction of sp³-hybridized carbons (Fsp3) is 0.941. The van der Waals surface area contributed by atoms with E-state index in [1.165, 1.54) is 25.7 Å². The van der Waals surface area contributed by atoms with Crippen LogP contribution in [0.2, 0.25) is 0 Å². The Labute approximate surface area is 125 Å². The van der Waals surface area contributed by atoms with Crippen LogP contribution in [0, 0.1) is 23.2 Å². The molecule has 0 aromatic rings. The zero-order valence-electron chi connectivity index (χ0n) is 14.1. The maximum Gasteiger partial charge on any atom is 0.122 e. The van der Waals surface area contributed by atoms with Gasteiger partial charge in [0.05, 0.1) is 6.07 Å². The van der Waals surface area contributed by atoms with E-state index < -0.39 is 0 Å². The molecule has 1 saturated carbocycles. The maximum absolute atomic E-state index is 9.79. The molecule has 0 amide bonds. The lowest BCUT2D eigenvalue weighted by molar-refractivity contribution is 0.123. The predicted molar refractivity (Wildman–Crippen MR) is 85.5 cm³/mol. The Bertz CT molecular complexity index is 313. The maximum atomic E-state index is 9.79. The van der Waals surface area contributed by atoms with Gasteiger partial charge in [-0.1, -0.05) is 34.6 Å². The van der Waals surface area contributed by atoms with E-state index in [4.69, 9.17) is 0 Å². The van der Waals surface area contributed by atoms with E-state index in [1.807, 2.05) is 0 Å². The van der Waals surface area contributed by atoms with Gasteiger partial charge < -0.3 is 0 Å². The summed E-state index contributed by atoms with van der Waals surface area (Å²) in [5, 5.41) is 13.3. The number of nitrogens with zero attached hydrogens (tertiary/aromatic N) is 2. The Morgan fingerprint density at radius 2 is 1.85 bits per heavy atom. The van der Waals surface area contributed by atoms with Crippen molar-refractivity contribution in [2.45, 2.75) is 71.9 Å². The Kier molecular flexibility index (Phi) is 6.99. The van der Waals surface area contributed by atoms with Crippen LogP contribution in [-0.2, 0) is 0 Å². The summed E-state index contributed by atoms with van der Waals surface area (Å²) in [5.41, 5.74) is -0.327. The molecule has 0 saturated heterocycles. The zero-order chi connectivity index (χ0) is 15.2. The van der Waals surface area contributed by atoms with Crippen molar-refractivity contribution in [2.24, 2.45) is 11.8 Å². The van der Waals surface area contributed by atoms with Gasteiger partial charge in [-0.2, -0.15) is 5.26 Å². The Morgan fingerprint density at radius 1 is 1.25 bits per heavy atom. The third kappa shape index (κ3) is 4.46. The lowest BCUT2D eigenvalue weighted by atomic mass is 9.92. The van der Waals surface area contributed by atoms with E-state index in [2.05, 4.69) is 50.9 Å². The first-order valence-electron chi connectivity index (χ1n) is 8.43. The molecule has 0 aliphatic heterocycles. The molecule has 0 aromatic heterocycles.